The number of fused-ring (bicyclic) bond motifs is 1. The Morgan fingerprint density at radius 3 is 2.48 bits per heavy atom. The van der Waals surface area contributed by atoms with E-state index in [1.807, 2.05) is 4.90 Å². The molecule has 11 heteroatoms. The molecule has 0 amide bonds. The molecule has 2 aromatic heterocycles. The highest BCUT2D eigenvalue weighted by atomic mass is 32.2. The number of piperazine rings is 1. The van der Waals surface area contributed by atoms with Crippen LogP contribution in [0.2, 0.25) is 0 Å². The first-order chi connectivity index (χ1) is 12.9. The number of halogens is 2. The maximum absolute atomic E-state index is 13.9. The second-order valence-electron chi connectivity index (χ2n) is 6.17. The summed E-state index contributed by atoms with van der Waals surface area (Å²) in [6.07, 6.45) is 0. The highest BCUT2D eigenvalue weighted by Gasteiger charge is 2.31. The predicted octanol–water partition coefficient (Wildman–Crippen LogP) is 1.22. The van der Waals surface area contributed by atoms with Crippen molar-refractivity contribution in [2.24, 2.45) is 0 Å². The third-order valence-corrected chi connectivity index (χ3v) is 6.39. The molecule has 1 fully saturated rings. The number of sulfonamides is 1. The van der Waals surface area contributed by atoms with Crippen LogP contribution >= 0.6 is 0 Å². The number of aryl methyl sites for hydroxylation is 1. The zero-order chi connectivity index (χ0) is 19.2. The zero-order valence-electron chi connectivity index (χ0n) is 14.4. The van der Waals surface area contributed by atoms with Gasteiger partial charge < -0.3 is 4.90 Å². The molecule has 1 aliphatic heterocycles. The van der Waals surface area contributed by atoms with E-state index in [9.17, 15) is 17.2 Å². The first kappa shape index (κ1) is 17.7. The molecule has 0 atom stereocenters. The van der Waals surface area contributed by atoms with Gasteiger partial charge in [-0.3, -0.25) is 0 Å². The van der Waals surface area contributed by atoms with Crippen molar-refractivity contribution in [3.63, 3.8) is 0 Å². The van der Waals surface area contributed by atoms with Gasteiger partial charge in [0.05, 0.1) is 0 Å². The summed E-state index contributed by atoms with van der Waals surface area (Å²) in [7, 11) is -4.11. The fraction of sp³-hybridized carbons (Fsp3) is 0.312. The number of hydrogen-bond donors (Lipinski definition) is 0. The molecule has 8 nitrogen and oxygen atoms in total. The summed E-state index contributed by atoms with van der Waals surface area (Å²) < 4.78 is 55.4. The van der Waals surface area contributed by atoms with Crippen LogP contribution in [0.25, 0.3) is 5.65 Å². The van der Waals surface area contributed by atoms with E-state index < -0.39 is 26.6 Å². The Labute approximate surface area is 154 Å². The minimum Gasteiger partial charge on any atom is -0.353 e. The summed E-state index contributed by atoms with van der Waals surface area (Å²) in [4.78, 5) is 1.28. The van der Waals surface area contributed by atoms with Crippen molar-refractivity contribution in [1.82, 2.24) is 24.1 Å². The van der Waals surface area contributed by atoms with Crippen molar-refractivity contribution in [1.29, 1.82) is 0 Å². The van der Waals surface area contributed by atoms with Crippen LogP contribution in [0, 0.1) is 18.6 Å². The number of rotatable bonds is 3. The number of anilines is 1. The molecule has 3 aromatic rings. The van der Waals surface area contributed by atoms with Crippen LogP contribution in [0.15, 0.2) is 35.2 Å². The molecular formula is C16H16F2N6O2S. The van der Waals surface area contributed by atoms with Crippen LogP contribution in [-0.4, -0.2) is 58.7 Å². The Morgan fingerprint density at radius 1 is 1.00 bits per heavy atom. The van der Waals surface area contributed by atoms with Crippen LogP contribution < -0.4 is 4.90 Å². The normalized spacial score (nSPS) is 16.2. The second kappa shape index (κ2) is 6.50. The van der Waals surface area contributed by atoms with Crippen LogP contribution in [-0.2, 0) is 10.0 Å². The summed E-state index contributed by atoms with van der Waals surface area (Å²) in [5, 5.41) is 12.4. The lowest BCUT2D eigenvalue weighted by Crippen LogP contribution is -2.49. The molecule has 142 valence electrons. The Kier molecular flexibility index (Phi) is 4.27. The maximum atomic E-state index is 13.9. The van der Waals surface area contributed by atoms with Gasteiger partial charge in [0, 0.05) is 26.2 Å². The molecular weight excluding hydrogens is 378 g/mol. The van der Waals surface area contributed by atoms with E-state index in [-0.39, 0.29) is 13.1 Å². The molecule has 1 aliphatic rings. The third-order valence-electron chi connectivity index (χ3n) is 4.48. The highest BCUT2D eigenvalue weighted by Crippen LogP contribution is 2.23. The van der Waals surface area contributed by atoms with Crippen LogP contribution in [0.4, 0.5) is 14.6 Å². The van der Waals surface area contributed by atoms with Gasteiger partial charge in [-0.2, -0.15) is 8.82 Å². The largest absolute Gasteiger partial charge is 0.353 e. The lowest BCUT2D eigenvalue weighted by atomic mass is 10.3. The molecule has 0 saturated carbocycles. The fourth-order valence-corrected chi connectivity index (χ4v) is 4.52. The Morgan fingerprint density at radius 2 is 1.74 bits per heavy atom. The van der Waals surface area contributed by atoms with Crippen molar-refractivity contribution in [2.75, 3.05) is 31.1 Å². The quantitative estimate of drug-likeness (QED) is 0.664. The average molecular weight is 394 g/mol. The van der Waals surface area contributed by atoms with Crippen molar-refractivity contribution >= 4 is 21.5 Å². The van der Waals surface area contributed by atoms with Gasteiger partial charge in [0.25, 0.3) is 0 Å². The van der Waals surface area contributed by atoms with Crippen LogP contribution in [0.5, 0.6) is 0 Å². The third kappa shape index (κ3) is 3.12. The first-order valence-electron chi connectivity index (χ1n) is 8.25. The molecule has 0 N–H and O–H groups in total. The number of benzene rings is 1. The summed E-state index contributed by atoms with van der Waals surface area (Å²) in [5.41, 5.74) is 0.624. The van der Waals surface area contributed by atoms with Gasteiger partial charge in [-0.15, -0.1) is 15.3 Å². The van der Waals surface area contributed by atoms with E-state index in [1.165, 1.54) is 0 Å². The van der Waals surface area contributed by atoms with Crippen molar-refractivity contribution in [3.8, 4) is 0 Å². The Hall–Kier alpha value is -2.66. The van der Waals surface area contributed by atoms with E-state index >= 15 is 0 Å². The molecule has 0 aliphatic carbocycles. The standard InChI is InChI=1S/C16H16F2N6O2S/c1-11-19-20-15-4-5-16(21-24(11)15)22-6-8-23(9-7-22)27(25,26)14-10-12(17)2-3-13(14)18/h2-5,10H,6-9H2,1H3. The summed E-state index contributed by atoms with van der Waals surface area (Å²) in [6, 6.07) is 5.99. The van der Waals surface area contributed by atoms with E-state index in [1.54, 1.807) is 23.6 Å². The molecule has 0 spiro atoms. The molecule has 1 saturated heterocycles. The minimum absolute atomic E-state index is 0.138. The second-order valence-corrected chi connectivity index (χ2v) is 8.08. The molecule has 1 aromatic carbocycles. The Bertz CT molecular complexity index is 1110. The van der Waals surface area contributed by atoms with Gasteiger partial charge in [-0.05, 0) is 37.3 Å². The molecule has 27 heavy (non-hydrogen) atoms. The lowest BCUT2D eigenvalue weighted by molar-refractivity contribution is 0.380. The van der Waals surface area contributed by atoms with Crippen molar-refractivity contribution in [2.45, 2.75) is 11.8 Å². The van der Waals surface area contributed by atoms with Crippen LogP contribution in [0.1, 0.15) is 5.82 Å². The monoisotopic (exact) mass is 394 g/mol. The molecule has 4 rings (SSSR count). The average Bonchev–Trinajstić information content (AvgIpc) is 3.04. The van der Waals surface area contributed by atoms with Gasteiger partial charge in [0.1, 0.15) is 22.3 Å². The summed E-state index contributed by atoms with van der Waals surface area (Å²) in [5.74, 6) is -0.446. The van der Waals surface area contributed by atoms with Gasteiger partial charge in [-0.1, -0.05) is 0 Å². The van der Waals surface area contributed by atoms with Crippen LogP contribution in [0.3, 0.4) is 0 Å². The van der Waals surface area contributed by atoms with Gasteiger partial charge in [0.15, 0.2) is 11.5 Å². The highest BCUT2D eigenvalue weighted by molar-refractivity contribution is 7.89. The van der Waals surface area contributed by atoms with E-state index in [2.05, 4.69) is 15.3 Å². The van der Waals surface area contributed by atoms with Gasteiger partial charge in [0.2, 0.25) is 10.0 Å². The molecule has 0 bridgehead atoms. The van der Waals surface area contributed by atoms with E-state index in [0.717, 1.165) is 16.4 Å². The number of nitrogens with zero attached hydrogens (tertiary/aromatic N) is 6. The van der Waals surface area contributed by atoms with Gasteiger partial charge in [-0.25, -0.2) is 17.2 Å². The van der Waals surface area contributed by atoms with Crippen molar-refractivity contribution in [3.05, 3.63) is 47.8 Å². The first-order valence-corrected chi connectivity index (χ1v) is 9.69. The Balaban J connectivity index is 1.54. The lowest BCUT2D eigenvalue weighted by Gasteiger charge is -2.34. The SMILES string of the molecule is Cc1nnc2ccc(N3CCN(S(=O)(=O)c4cc(F)ccc4F)CC3)nn12. The fourth-order valence-electron chi connectivity index (χ4n) is 3.03. The predicted molar refractivity (Wildman–Crippen MR) is 92.8 cm³/mol. The maximum Gasteiger partial charge on any atom is 0.246 e. The summed E-state index contributed by atoms with van der Waals surface area (Å²) in [6.45, 7) is 2.80. The topological polar surface area (TPSA) is 83.7 Å². The van der Waals surface area contributed by atoms with E-state index in [0.29, 0.717) is 36.4 Å². The smallest absolute Gasteiger partial charge is 0.246 e. The molecule has 0 unspecified atom stereocenters. The van der Waals surface area contributed by atoms with Gasteiger partial charge >= 0.3 is 0 Å². The van der Waals surface area contributed by atoms with E-state index in [4.69, 9.17) is 0 Å². The van der Waals surface area contributed by atoms with Crippen molar-refractivity contribution < 1.29 is 17.2 Å². The molecule has 3 heterocycles. The zero-order valence-corrected chi connectivity index (χ0v) is 15.2. The number of hydrogen-bond acceptors (Lipinski definition) is 6. The number of aromatic nitrogens is 4. The summed E-state index contributed by atoms with van der Waals surface area (Å²) >= 11 is 0. The minimum atomic E-state index is -4.11. The molecule has 0 radical (unpaired) electrons.